The summed E-state index contributed by atoms with van der Waals surface area (Å²) in [5.74, 6) is 0.783. The molecule has 0 aliphatic carbocycles. The second kappa shape index (κ2) is 10.4. The van der Waals surface area contributed by atoms with Crippen molar-refractivity contribution >= 4 is 23.1 Å². The van der Waals surface area contributed by atoms with Gasteiger partial charge in [-0.05, 0) is 39.4 Å². The summed E-state index contributed by atoms with van der Waals surface area (Å²) < 4.78 is 5.82. The van der Waals surface area contributed by atoms with Crippen molar-refractivity contribution in [3.05, 3.63) is 58.3 Å². The maximum Gasteiger partial charge on any atom is 0.264 e. The van der Waals surface area contributed by atoms with Gasteiger partial charge in [-0.2, -0.15) is 0 Å². The molecule has 0 aliphatic rings. The Labute approximate surface area is 182 Å². The van der Waals surface area contributed by atoms with Crippen LogP contribution in [0, 0.1) is 0 Å². The molecule has 0 unspecified atom stereocenters. The number of aromatic nitrogens is 1. The summed E-state index contributed by atoms with van der Waals surface area (Å²) in [5.41, 5.74) is 2.74. The highest BCUT2D eigenvalue weighted by molar-refractivity contribution is 7.12. The van der Waals surface area contributed by atoms with Gasteiger partial charge in [0.1, 0.15) is 5.69 Å². The van der Waals surface area contributed by atoms with Crippen LogP contribution < -0.4 is 4.90 Å². The monoisotopic (exact) mass is 426 g/mol. The van der Waals surface area contributed by atoms with Gasteiger partial charge in [-0.1, -0.05) is 41.6 Å². The SMILES string of the molecule is CCN(CC)c1onc(-c2ccccc2)c1CN(CCN(C)C)C(=O)c1cccs1. The van der Waals surface area contributed by atoms with Crippen LogP contribution in [0.5, 0.6) is 0 Å². The van der Waals surface area contributed by atoms with Crippen LogP contribution in [-0.2, 0) is 6.54 Å². The van der Waals surface area contributed by atoms with E-state index in [9.17, 15) is 4.79 Å². The van der Waals surface area contributed by atoms with E-state index in [-0.39, 0.29) is 5.91 Å². The lowest BCUT2D eigenvalue weighted by atomic mass is 10.1. The summed E-state index contributed by atoms with van der Waals surface area (Å²) in [6.07, 6.45) is 0. The Morgan fingerprint density at radius 1 is 1.03 bits per heavy atom. The van der Waals surface area contributed by atoms with Crippen molar-refractivity contribution in [3.63, 3.8) is 0 Å². The average Bonchev–Trinajstić information content (AvgIpc) is 3.43. The highest BCUT2D eigenvalue weighted by atomic mass is 32.1. The molecule has 3 rings (SSSR count). The van der Waals surface area contributed by atoms with Gasteiger partial charge < -0.3 is 19.2 Å². The highest BCUT2D eigenvalue weighted by Crippen LogP contribution is 2.33. The molecule has 6 nitrogen and oxygen atoms in total. The maximum absolute atomic E-state index is 13.3. The van der Waals surface area contributed by atoms with Crippen LogP contribution >= 0.6 is 11.3 Å². The van der Waals surface area contributed by atoms with Crippen LogP contribution in [0.1, 0.15) is 29.1 Å². The first-order chi connectivity index (χ1) is 14.5. The van der Waals surface area contributed by atoms with E-state index in [1.54, 1.807) is 0 Å². The van der Waals surface area contributed by atoms with Crippen molar-refractivity contribution < 1.29 is 9.32 Å². The highest BCUT2D eigenvalue weighted by Gasteiger charge is 2.26. The quantitative estimate of drug-likeness (QED) is 0.479. The molecule has 2 heterocycles. The molecule has 7 heteroatoms. The number of likely N-dealkylation sites (N-methyl/N-ethyl adjacent to an activating group) is 1. The van der Waals surface area contributed by atoms with Gasteiger partial charge in [0, 0.05) is 31.7 Å². The normalized spacial score (nSPS) is 11.1. The number of hydrogen-bond acceptors (Lipinski definition) is 6. The molecule has 1 aromatic carbocycles. The van der Waals surface area contributed by atoms with E-state index in [4.69, 9.17) is 4.52 Å². The third-order valence-corrected chi connectivity index (χ3v) is 5.91. The molecule has 0 fully saturated rings. The lowest BCUT2D eigenvalue weighted by molar-refractivity contribution is 0.0737. The number of rotatable bonds is 10. The first-order valence-corrected chi connectivity index (χ1v) is 11.2. The summed E-state index contributed by atoms with van der Waals surface area (Å²) in [5, 5.41) is 6.35. The van der Waals surface area contributed by atoms with Gasteiger partial charge >= 0.3 is 0 Å². The van der Waals surface area contributed by atoms with Crippen LogP contribution in [0.3, 0.4) is 0 Å². The van der Waals surface area contributed by atoms with Crippen LogP contribution in [0.15, 0.2) is 52.4 Å². The van der Waals surface area contributed by atoms with Gasteiger partial charge in [0.2, 0.25) is 5.88 Å². The number of nitrogens with zero attached hydrogens (tertiary/aromatic N) is 4. The standard InChI is InChI=1S/C23H30N4O2S/c1-5-26(6-2)23-19(21(24-29-23)18-11-8-7-9-12-18)17-27(15-14-25(3)4)22(28)20-13-10-16-30-20/h7-13,16H,5-6,14-15,17H2,1-4H3. The van der Waals surface area contributed by atoms with Crippen molar-refractivity contribution in [3.8, 4) is 11.3 Å². The van der Waals surface area contributed by atoms with E-state index in [1.165, 1.54) is 11.3 Å². The molecule has 3 aromatic rings. The smallest absolute Gasteiger partial charge is 0.264 e. The Morgan fingerprint density at radius 2 is 1.77 bits per heavy atom. The zero-order chi connectivity index (χ0) is 21.5. The molecule has 2 aromatic heterocycles. The average molecular weight is 427 g/mol. The van der Waals surface area contributed by atoms with Crippen molar-refractivity contribution in [2.45, 2.75) is 20.4 Å². The van der Waals surface area contributed by atoms with Gasteiger partial charge in [-0.3, -0.25) is 4.79 Å². The Bertz CT molecular complexity index is 918. The van der Waals surface area contributed by atoms with Gasteiger partial charge in [0.05, 0.1) is 17.0 Å². The number of carbonyl (C=O) groups excluding carboxylic acids is 1. The molecule has 0 radical (unpaired) electrons. The molecule has 160 valence electrons. The Morgan fingerprint density at radius 3 is 2.37 bits per heavy atom. The largest absolute Gasteiger partial charge is 0.341 e. The summed E-state index contributed by atoms with van der Waals surface area (Å²) in [4.78, 5) is 20.1. The van der Waals surface area contributed by atoms with E-state index in [1.807, 2.05) is 66.8 Å². The van der Waals surface area contributed by atoms with Crippen molar-refractivity contribution in [1.82, 2.24) is 15.0 Å². The minimum absolute atomic E-state index is 0.0394. The van der Waals surface area contributed by atoms with E-state index in [0.29, 0.717) is 13.1 Å². The molecular formula is C23H30N4O2S. The van der Waals surface area contributed by atoms with Crippen LogP contribution in [0.2, 0.25) is 0 Å². The number of thiophene rings is 1. The predicted molar refractivity (Wildman–Crippen MR) is 123 cm³/mol. The van der Waals surface area contributed by atoms with Crippen LogP contribution in [0.25, 0.3) is 11.3 Å². The molecule has 1 amide bonds. The first kappa shape index (κ1) is 22.1. The zero-order valence-corrected chi connectivity index (χ0v) is 19.0. The number of amides is 1. The number of benzene rings is 1. The maximum atomic E-state index is 13.3. The van der Waals surface area contributed by atoms with Gasteiger partial charge in [-0.25, -0.2) is 0 Å². The summed E-state index contributed by atoms with van der Waals surface area (Å²) >= 11 is 1.47. The lowest BCUT2D eigenvalue weighted by Gasteiger charge is -2.26. The molecule has 0 bridgehead atoms. The van der Waals surface area contributed by atoms with Crippen LogP contribution in [-0.4, -0.2) is 61.1 Å². The molecule has 0 saturated carbocycles. The van der Waals surface area contributed by atoms with Gasteiger partial charge in [0.25, 0.3) is 5.91 Å². The molecule has 0 atom stereocenters. The number of hydrogen-bond donors (Lipinski definition) is 0. The topological polar surface area (TPSA) is 52.8 Å². The van der Waals surface area contributed by atoms with Crippen molar-refractivity contribution in [1.29, 1.82) is 0 Å². The zero-order valence-electron chi connectivity index (χ0n) is 18.2. The lowest BCUT2D eigenvalue weighted by Crippen LogP contribution is -2.36. The third-order valence-electron chi connectivity index (χ3n) is 5.05. The fourth-order valence-electron chi connectivity index (χ4n) is 3.35. The second-order valence-electron chi connectivity index (χ2n) is 7.36. The number of anilines is 1. The molecule has 0 N–H and O–H groups in total. The minimum atomic E-state index is 0.0394. The molecule has 0 aliphatic heterocycles. The van der Waals surface area contributed by atoms with E-state index >= 15 is 0 Å². The summed E-state index contributed by atoms with van der Waals surface area (Å²) in [6, 6.07) is 13.8. The fraction of sp³-hybridized carbons (Fsp3) is 0.391. The minimum Gasteiger partial charge on any atom is -0.341 e. The van der Waals surface area contributed by atoms with Gasteiger partial charge in [-0.15, -0.1) is 11.3 Å². The van der Waals surface area contributed by atoms with Crippen molar-refractivity contribution in [2.75, 3.05) is 45.2 Å². The Hall–Kier alpha value is -2.64. The first-order valence-electron chi connectivity index (χ1n) is 10.3. The Balaban J connectivity index is 2.01. The molecular weight excluding hydrogens is 396 g/mol. The Kier molecular flexibility index (Phi) is 7.65. The molecule has 0 saturated heterocycles. The third kappa shape index (κ3) is 5.09. The second-order valence-corrected chi connectivity index (χ2v) is 8.31. The summed E-state index contributed by atoms with van der Waals surface area (Å²) in [6.45, 7) is 7.67. The fourth-order valence-corrected chi connectivity index (χ4v) is 4.04. The van der Waals surface area contributed by atoms with Crippen LogP contribution in [0.4, 0.5) is 5.88 Å². The van der Waals surface area contributed by atoms with Crippen molar-refractivity contribution in [2.24, 2.45) is 0 Å². The van der Waals surface area contributed by atoms with E-state index < -0.39 is 0 Å². The predicted octanol–water partition coefficient (Wildman–Crippen LogP) is 4.45. The van der Waals surface area contributed by atoms with E-state index in [2.05, 4.69) is 28.8 Å². The van der Waals surface area contributed by atoms with E-state index in [0.717, 1.165) is 47.2 Å². The summed E-state index contributed by atoms with van der Waals surface area (Å²) in [7, 11) is 4.04. The molecule has 30 heavy (non-hydrogen) atoms. The number of carbonyl (C=O) groups is 1. The van der Waals surface area contributed by atoms with Gasteiger partial charge in [0.15, 0.2) is 0 Å². The molecule has 0 spiro atoms.